The van der Waals surface area contributed by atoms with Crippen molar-refractivity contribution in [2.24, 2.45) is 0 Å². The lowest BCUT2D eigenvalue weighted by atomic mass is 10.0. The highest BCUT2D eigenvalue weighted by molar-refractivity contribution is 5.71. The number of ether oxygens (including phenoxy) is 3. The van der Waals surface area contributed by atoms with Crippen molar-refractivity contribution >= 4 is 17.9 Å². The van der Waals surface area contributed by atoms with E-state index >= 15 is 0 Å². The van der Waals surface area contributed by atoms with E-state index in [2.05, 4.69) is 57.2 Å². The average Bonchev–Trinajstić information content (AvgIpc) is 3.21. The largest absolute Gasteiger partial charge is 0.462 e. The lowest BCUT2D eigenvalue weighted by Gasteiger charge is -2.18. The van der Waals surface area contributed by atoms with E-state index in [1.54, 1.807) is 0 Å². The molecule has 0 saturated heterocycles. The molecule has 0 radical (unpaired) electrons. The first-order valence-electron chi connectivity index (χ1n) is 24.5. The van der Waals surface area contributed by atoms with Crippen LogP contribution in [0.2, 0.25) is 0 Å². The van der Waals surface area contributed by atoms with Gasteiger partial charge in [0.2, 0.25) is 0 Å². The second-order valence-electron chi connectivity index (χ2n) is 16.4. The van der Waals surface area contributed by atoms with E-state index in [0.29, 0.717) is 19.3 Å². The molecule has 0 rings (SSSR count). The fourth-order valence-electron chi connectivity index (χ4n) is 6.91. The zero-order valence-corrected chi connectivity index (χ0v) is 37.9. The van der Waals surface area contributed by atoms with Crippen LogP contribution >= 0.6 is 0 Å². The number of carbonyl (C=O) groups is 3. The van der Waals surface area contributed by atoms with Crippen molar-refractivity contribution in [3.8, 4) is 0 Å². The van der Waals surface area contributed by atoms with Crippen LogP contribution in [0.5, 0.6) is 0 Å². The Morgan fingerprint density at radius 1 is 0.351 bits per heavy atom. The first-order valence-corrected chi connectivity index (χ1v) is 24.5. The summed E-state index contributed by atoms with van der Waals surface area (Å²) in [4.78, 5) is 37.7. The van der Waals surface area contributed by atoms with Crippen LogP contribution in [0.3, 0.4) is 0 Å². The van der Waals surface area contributed by atoms with E-state index in [9.17, 15) is 14.4 Å². The van der Waals surface area contributed by atoms with Gasteiger partial charge < -0.3 is 14.2 Å². The highest BCUT2D eigenvalue weighted by Crippen LogP contribution is 2.14. The van der Waals surface area contributed by atoms with Gasteiger partial charge in [-0.3, -0.25) is 14.4 Å². The predicted octanol–water partition coefficient (Wildman–Crippen LogP) is 15.8. The lowest BCUT2D eigenvalue weighted by molar-refractivity contribution is -0.167. The Balaban J connectivity index is 4.34. The molecule has 1 unspecified atom stereocenters. The number of hydrogen-bond acceptors (Lipinski definition) is 6. The second kappa shape index (κ2) is 46.3. The molecule has 6 nitrogen and oxygen atoms in total. The summed E-state index contributed by atoms with van der Waals surface area (Å²) in [6.45, 7) is 6.56. The van der Waals surface area contributed by atoms with E-state index < -0.39 is 6.10 Å². The van der Waals surface area contributed by atoms with Gasteiger partial charge in [-0.2, -0.15) is 0 Å². The number of carbonyl (C=O) groups excluding carboxylic acids is 3. The molecule has 0 aliphatic heterocycles. The smallest absolute Gasteiger partial charge is 0.306 e. The van der Waals surface area contributed by atoms with Crippen molar-refractivity contribution in [1.82, 2.24) is 0 Å². The molecule has 1 atom stereocenters. The Hall–Kier alpha value is -2.37. The summed E-state index contributed by atoms with van der Waals surface area (Å²) in [6, 6.07) is 0. The molecule has 0 aliphatic carbocycles. The summed E-state index contributed by atoms with van der Waals surface area (Å²) in [7, 11) is 0. The van der Waals surface area contributed by atoms with Crippen LogP contribution in [0.4, 0.5) is 0 Å². The molecule has 0 amide bonds. The van der Waals surface area contributed by atoms with Gasteiger partial charge in [0.1, 0.15) is 13.2 Å². The summed E-state index contributed by atoms with van der Waals surface area (Å²) >= 11 is 0. The average molecular weight is 801 g/mol. The zero-order chi connectivity index (χ0) is 41.5. The third kappa shape index (κ3) is 44.6. The molecule has 332 valence electrons. The summed E-state index contributed by atoms with van der Waals surface area (Å²) < 4.78 is 16.7. The van der Waals surface area contributed by atoms with Gasteiger partial charge >= 0.3 is 17.9 Å². The molecule has 6 heteroatoms. The van der Waals surface area contributed by atoms with Gasteiger partial charge in [-0.15, -0.1) is 0 Å². The quantitative estimate of drug-likeness (QED) is 0.0201. The monoisotopic (exact) mass is 801 g/mol. The van der Waals surface area contributed by atoms with Crippen LogP contribution in [0.1, 0.15) is 252 Å². The van der Waals surface area contributed by atoms with Crippen molar-refractivity contribution in [3.63, 3.8) is 0 Å². The maximum Gasteiger partial charge on any atom is 0.306 e. The van der Waals surface area contributed by atoms with Crippen molar-refractivity contribution in [2.75, 3.05) is 13.2 Å². The molecule has 0 spiro atoms. The van der Waals surface area contributed by atoms with Gasteiger partial charge in [0.15, 0.2) is 6.10 Å². The molecule has 0 fully saturated rings. The molecule has 0 aromatic rings. The lowest BCUT2D eigenvalue weighted by Crippen LogP contribution is -2.30. The van der Waals surface area contributed by atoms with Crippen molar-refractivity contribution < 1.29 is 28.6 Å². The molecule has 0 aromatic heterocycles. The first-order chi connectivity index (χ1) is 28.0. The molecule has 0 bridgehead atoms. The molecular weight excluding hydrogens is 709 g/mol. The third-order valence-corrected chi connectivity index (χ3v) is 10.6. The van der Waals surface area contributed by atoms with Gasteiger partial charge in [0, 0.05) is 19.3 Å². The minimum atomic E-state index is -0.783. The third-order valence-electron chi connectivity index (χ3n) is 10.6. The summed E-state index contributed by atoms with van der Waals surface area (Å²) in [6.07, 6.45) is 52.8. The van der Waals surface area contributed by atoms with Crippen LogP contribution in [-0.4, -0.2) is 37.2 Å². The molecule has 0 N–H and O–H groups in total. The molecule has 57 heavy (non-hydrogen) atoms. The number of rotatable bonds is 44. The minimum absolute atomic E-state index is 0.0864. The van der Waals surface area contributed by atoms with E-state index in [-0.39, 0.29) is 31.1 Å². The van der Waals surface area contributed by atoms with Crippen molar-refractivity contribution in [1.29, 1.82) is 0 Å². The molecule has 0 aliphatic rings. The number of unbranched alkanes of at least 4 members (excludes halogenated alkanes) is 28. The Morgan fingerprint density at radius 3 is 1.07 bits per heavy atom. The minimum Gasteiger partial charge on any atom is -0.462 e. The van der Waals surface area contributed by atoms with E-state index in [4.69, 9.17) is 14.2 Å². The van der Waals surface area contributed by atoms with Crippen LogP contribution in [0.25, 0.3) is 0 Å². The summed E-state index contributed by atoms with van der Waals surface area (Å²) in [5.74, 6) is -0.931. The Morgan fingerprint density at radius 2 is 0.649 bits per heavy atom. The van der Waals surface area contributed by atoms with Crippen molar-refractivity contribution in [3.05, 3.63) is 36.5 Å². The van der Waals surface area contributed by atoms with Crippen LogP contribution in [0, 0.1) is 0 Å². The zero-order valence-electron chi connectivity index (χ0n) is 37.9. The van der Waals surface area contributed by atoms with Gasteiger partial charge in [0.05, 0.1) is 0 Å². The fraction of sp³-hybridized carbons (Fsp3) is 0.824. The van der Waals surface area contributed by atoms with Crippen LogP contribution in [0.15, 0.2) is 36.5 Å². The number of allylic oxidation sites excluding steroid dienone is 6. The standard InChI is InChI=1S/C51H92O6/c1-4-7-10-13-16-19-21-23-24-25-26-27-28-30-32-35-38-41-44-50(53)56-47-48(46-55-49(52)43-40-37-34-31-18-15-12-9-6-3)57-51(54)45-42-39-36-33-29-22-20-17-14-11-8-5-2/h24-27,31,34,48H,4-23,28-30,32-33,35-47H2,1-3H3/b25-24-,27-26-,34-31-. The van der Waals surface area contributed by atoms with Gasteiger partial charge in [-0.05, 0) is 64.2 Å². The maximum absolute atomic E-state index is 12.7. The van der Waals surface area contributed by atoms with Crippen molar-refractivity contribution in [2.45, 2.75) is 258 Å². The molecule has 0 aromatic carbocycles. The predicted molar refractivity (Wildman–Crippen MR) is 242 cm³/mol. The van der Waals surface area contributed by atoms with Crippen LogP contribution in [-0.2, 0) is 28.6 Å². The van der Waals surface area contributed by atoms with Gasteiger partial charge in [-0.1, -0.05) is 205 Å². The fourth-order valence-corrected chi connectivity index (χ4v) is 6.91. The highest BCUT2D eigenvalue weighted by Gasteiger charge is 2.19. The van der Waals surface area contributed by atoms with E-state index in [1.807, 2.05) is 0 Å². The molecular formula is C51H92O6. The van der Waals surface area contributed by atoms with E-state index in [0.717, 1.165) is 77.0 Å². The highest BCUT2D eigenvalue weighted by atomic mass is 16.6. The second-order valence-corrected chi connectivity index (χ2v) is 16.4. The Kier molecular flexibility index (Phi) is 44.4. The number of esters is 3. The SMILES string of the molecule is CCCCCC/C=C\CCCC(=O)OCC(COC(=O)CCCCCCC/C=C\C=C/CCCCCCCCC)OC(=O)CCCCCCCCCCCCCC. The van der Waals surface area contributed by atoms with Gasteiger partial charge in [0.25, 0.3) is 0 Å². The van der Waals surface area contributed by atoms with Crippen LogP contribution < -0.4 is 0 Å². The molecule has 0 heterocycles. The Bertz CT molecular complexity index is 969. The number of hydrogen-bond donors (Lipinski definition) is 0. The maximum atomic E-state index is 12.7. The summed E-state index contributed by atoms with van der Waals surface area (Å²) in [5, 5.41) is 0. The normalized spacial score (nSPS) is 12.3. The summed E-state index contributed by atoms with van der Waals surface area (Å²) in [5.41, 5.74) is 0. The first kappa shape index (κ1) is 54.6. The van der Waals surface area contributed by atoms with Gasteiger partial charge in [-0.25, -0.2) is 0 Å². The molecule has 0 saturated carbocycles. The van der Waals surface area contributed by atoms with E-state index in [1.165, 1.54) is 135 Å². The topological polar surface area (TPSA) is 78.9 Å². The Labute approximate surface area is 353 Å².